The molecule has 0 saturated carbocycles. The van der Waals surface area contributed by atoms with E-state index in [1.165, 1.54) is 32.0 Å². The van der Waals surface area contributed by atoms with E-state index in [1.807, 2.05) is 12.1 Å². The Labute approximate surface area is 196 Å². The Hall–Kier alpha value is -3.99. The van der Waals surface area contributed by atoms with Gasteiger partial charge in [0, 0.05) is 42.2 Å². The molecule has 1 fully saturated rings. The molecule has 0 spiro atoms. The van der Waals surface area contributed by atoms with Gasteiger partial charge in [0.15, 0.2) is 6.10 Å². The Morgan fingerprint density at radius 2 is 1.76 bits per heavy atom. The zero-order chi connectivity index (χ0) is 24.7. The number of nitro groups is 1. The molecular weight excluding hydrogens is 444 g/mol. The van der Waals surface area contributed by atoms with Crippen molar-refractivity contribution in [3.63, 3.8) is 0 Å². The van der Waals surface area contributed by atoms with Crippen molar-refractivity contribution in [1.82, 2.24) is 5.32 Å². The second-order valence-electron chi connectivity index (χ2n) is 7.72. The minimum Gasteiger partial charge on any atom is -0.451 e. The summed E-state index contributed by atoms with van der Waals surface area (Å²) < 4.78 is 10.5. The normalized spacial score (nSPS) is 15.1. The van der Waals surface area contributed by atoms with Gasteiger partial charge >= 0.3 is 5.97 Å². The van der Waals surface area contributed by atoms with Crippen LogP contribution in [0.4, 0.5) is 17.1 Å². The monoisotopic (exact) mass is 470 g/mol. The van der Waals surface area contributed by atoms with Gasteiger partial charge in [-0.2, -0.15) is 0 Å². The van der Waals surface area contributed by atoms with Crippen LogP contribution in [0.5, 0.6) is 0 Å². The van der Waals surface area contributed by atoms with Gasteiger partial charge in [0.1, 0.15) is 6.04 Å². The molecule has 2 aromatic carbocycles. The van der Waals surface area contributed by atoms with E-state index in [0.717, 1.165) is 24.8 Å². The van der Waals surface area contributed by atoms with Crippen molar-refractivity contribution >= 4 is 34.8 Å². The van der Waals surface area contributed by atoms with Crippen molar-refractivity contribution in [3.05, 3.63) is 64.2 Å². The molecule has 1 aliphatic heterocycles. The molecule has 11 nitrogen and oxygen atoms in total. The number of non-ortho nitro benzene ring substituents is 1. The van der Waals surface area contributed by atoms with Crippen LogP contribution in [-0.2, 0) is 19.1 Å². The van der Waals surface area contributed by atoms with Gasteiger partial charge < -0.3 is 25.0 Å². The number of carbonyl (C=O) groups excluding carboxylic acids is 3. The molecule has 0 aromatic heterocycles. The molecule has 1 heterocycles. The summed E-state index contributed by atoms with van der Waals surface area (Å²) in [5.74, 6) is -2.01. The summed E-state index contributed by atoms with van der Waals surface area (Å²) >= 11 is 0. The highest BCUT2D eigenvalue weighted by Crippen LogP contribution is 2.19. The predicted molar refractivity (Wildman–Crippen MR) is 124 cm³/mol. The molecule has 34 heavy (non-hydrogen) atoms. The fourth-order valence-corrected chi connectivity index (χ4v) is 3.25. The Morgan fingerprint density at radius 3 is 2.41 bits per heavy atom. The number of esters is 1. The SMILES string of the molecule is CC(OC(=O)[C@H](C)NC(=O)c1cccc([N+](=O)[O-])c1)C(=O)Nc1ccc(N2CCOCC2)cc1. The third-order valence-corrected chi connectivity index (χ3v) is 5.19. The molecule has 2 atom stereocenters. The summed E-state index contributed by atoms with van der Waals surface area (Å²) in [4.78, 5) is 49.5. The third-order valence-electron chi connectivity index (χ3n) is 5.19. The topological polar surface area (TPSA) is 140 Å². The number of benzene rings is 2. The number of hydrogen-bond donors (Lipinski definition) is 2. The highest BCUT2D eigenvalue weighted by Gasteiger charge is 2.24. The summed E-state index contributed by atoms with van der Waals surface area (Å²) in [6, 6.07) is 11.4. The largest absolute Gasteiger partial charge is 0.451 e. The number of anilines is 2. The first-order valence-corrected chi connectivity index (χ1v) is 10.7. The van der Waals surface area contributed by atoms with Gasteiger partial charge in [0.2, 0.25) is 0 Å². The van der Waals surface area contributed by atoms with Crippen LogP contribution in [0.3, 0.4) is 0 Å². The number of amides is 2. The van der Waals surface area contributed by atoms with Crippen LogP contribution in [0.2, 0.25) is 0 Å². The first kappa shape index (κ1) is 24.6. The van der Waals surface area contributed by atoms with Crippen molar-refractivity contribution in [1.29, 1.82) is 0 Å². The third kappa shape index (κ3) is 6.51. The van der Waals surface area contributed by atoms with Gasteiger partial charge in [0.05, 0.1) is 18.1 Å². The maximum Gasteiger partial charge on any atom is 0.329 e. The standard InChI is InChI=1S/C23H26N4O7/c1-15(24-22(29)17-4-3-5-20(14-17)27(31)32)23(30)34-16(2)21(28)25-18-6-8-19(9-7-18)26-10-12-33-13-11-26/h3-9,14-16H,10-13H2,1-2H3,(H,24,29)(H,25,28)/t15-,16?/m0/s1. The Morgan fingerprint density at radius 1 is 1.09 bits per heavy atom. The van der Waals surface area contributed by atoms with E-state index in [-0.39, 0.29) is 11.3 Å². The van der Waals surface area contributed by atoms with Crippen LogP contribution in [0.1, 0.15) is 24.2 Å². The summed E-state index contributed by atoms with van der Waals surface area (Å²) in [5, 5.41) is 16.0. The van der Waals surface area contributed by atoms with Crippen LogP contribution in [0, 0.1) is 10.1 Å². The fourth-order valence-electron chi connectivity index (χ4n) is 3.25. The summed E-state index contributed by atoms with van der Waals surface area (Å²) in [7, 11) is 0. The molecule has 0 aliphatic carbocycles. The average Bonchev–Trinajstić information content (AvgIpc) is 2.84. The number of nitrogens with one attached hydrogen (secondary N) is 2. The molecule has 11 heteroatoms. The summed E-state index contributed by atoms with van der Waals surface area (Å²) in [6.07, 6.45) is -1.11. The first-order valence-electron chi connectivity index (χ1n) is 10.7. The molecule has 2 amide bonds. The smallest absolute Gasteiger partial charge is 0.329 e. The number of rotatable bonds is 8. The van der Waals surface area contributed by atoms with Crippen molar-refractivity contribution in [3.8, 4) is 0 Å². The lowest BCUT2D eigenvalue weighted by atomic mass is 10.2. The van der Waals surface area contributed by atoms with Gasteiger partial charge in [-0.1, -0.05) is 6.07 Å². The van der Waals surface area contributed by atoms with Crippen molar-refractivity contribution in [2.45, 2.75) is 26.0 Å². The van der Waals surface area contributed by atoms with E-state index in [4.69, 9.17) is 9.47 Å². The van der Waals surface area contributed by atoms with E-state index in [9.17, 15) is 24.5 Å². The molecule has 1 aliphatic rings. The minimum atomic E-state index is -1.11. The van der Waals surface area contributed by atoms with Gasteiger partial charge in [-0.15, -0.1) is 0 Å². The van der Waals surface area contributed by atoms with Crippen LogP contribution >= 0.6 is 0 Å². The Bertz CT molecular complexity index is 1050. The maximum atomic E-state index is 12.4. The van der Waals surface area contributed by atoms with Crippen LogP contribution in [0.25, 0.3) is 0 Å². The summed E-state index contributed by atoms with van der Waals surface area (Å²) in [5.41, 5.74) is 1.36. The van der Waals surface area contributed by atoms with Crippen LogP contribution in [0.15, 0.2) is 48.5 Å². The predicted octanol–water partition coefficient (Wildman–Crippen LogP) is 2.12. The molecule has 0 radical (unpaired) electrons. The van der Waals surface area contributed by atoms with E-state index >= 15 is 0 Å². The molecule has 1 unspecified atom stereocenters. The van der Waals surface area contributed by atoms with E-state index in [0.29, 0.717) is 18.9 Å². The maximum absolute atomic E-state index is 12.4. The highest BCUT2D eigenvalue weighted by molar-refractivity contribution is 5.98. The van der Waals surface area contributed by atoms with Crippen molar-refractivity contribution in [2.24, 2.45) is 0 Å². The molecule has 3 rings (SSSR count). The number of nitro benzene ring substituents is 1. The van der Waals surface area contributed by atoms with Crippen LogP contribution in [-0.4, -0.2) is 61.2 Å². The average molecular weight is 470 g/mol. The molecule has 2 N–H and O–H groups in total. The minimum absolute atomic E-state index is 0.0279. The van der Waals surface area contributed by atoms with E-state index in [2.05, 4.69) is 15.5 Å². The lowest BCUT2D eigenvalue weighted by molar-refractivity contribution is -0.384. The Kier molecular flexibility index (Phi) is 8.14. The zero-order valence-corrected chi connectivity index (χ0v) is 18.9. The van der Waals surface area contributed by atoms with E-state index in [1.54, 1.807) is 12.1 Å². The Balaban J connectivity index is 1.50. The van der Waals surface area contributed by atoms with Gasteiger partial charge in [-0.3, -0.25) is 19.7 Å². The molecule has 1 saturated heterocycles. The molecule has 0 bridgehead atoms. The van der Waals surface area contributed by atoms with Crippen molar-refractivity contribution < 1.29 is 28.8 Å². The number of nitrogens with zero attached hydrogens (tertiary/aromatic N) is 2. The van der Waals surface area contributed by atoms with E-state index < -0.39 is 34.9 Å². The lowest BCUT2D eigenvalue weighted by Crippen LogP contribution is -2.42. The lowest BCUT2D eigenvalue weighted by Gasteiger charge is -2.29. The molecule has 2 aromatic rings. The summed E-state index contributed by atoms with van der Waals surface area (Å²) in [6.45, 7) is 5.76. The molecule has 180 valence electrons. The van der Waals surface area contributed by atoms with Gasteiger partial charge in [-0.05, 0) is 44.2 Å². The number of ether oxygens (including phenoxy) is 2. The van der Waals surface area contributed by atoms with Gasteiger partial charge in [-0.25, -0.2) is 4.79 Å². The zero-order valence-electron chi connectivity index (χ0n) is 18.9. The highest BCUT2D eigenvalue weighted by atomic mass is 16.6. The quantitative estimate of drug-likeness (QED) is 0.340. The van der Waals surface area contributed by atoms with Crippen molar-refractivity contribution in [2.75, 3.05) is 36.5 Å². The molecular formula is C23H26N4O7. The number of morpholine rings is 1. The number of hydrogen-bond acceptors (Lipinski definition) is 8. The number of carbonyl (C=O) groups is 3. The van der Waals surface area contributed by atoms with Crippen LogP contribution < -0.4 is 15.5 Å². The van der Waals surface area contributed by atoms with Gasteiger partial charge in [0.25, 0.3) is 17.5 Å². The second kappa shape index (κ2) is 11.2. The fraction of sp³-hybridized carbons (Fsp3) is 0.348. The first-order chi connectivity index (χ1) is 16.2. The second-order valence-corrected chi connectivity index (χ2v) is 7.72.